The molecule has 1 aromatic carbocycles. The van der Waals surface area contributed by atoms with Crippen molar-refractivity contribution in [3.63, 3.8) is 0 Å². The van der Waals surface area contributed by atoms with Gasteiger partial charge in [0.2, 0.25) is 0 Å². The molecule has 1 N–H and O–H groups in total. The molecule has 6 nitrogen and oxygen atoms in total. The predicted molar refractivity (Wildman–Crippen MR) is 77.1 cm³/mol. The van der Waals surface area contributed by atoms with Crippen molar-refractivity contribution in [2.75, 3.05) is 14.2 Å². The Balaban J connectivity index is 3.80. The molecule has 21 heavy (non-hydrogen) atoms. The van der Waals surface area contributed by atoms with E-state index in [0.29, 0.717) is 4.47 Å². The summed E-state index contributed by atoms with van der Waals surface area (Å²) in [4.78, 5) is 35.9. The minimum absolute atomic E-state index is 0.00472. The predicted octanol–water partition coefficient (Wildman–Crippen LogP) is 2.14. The zero-order valence-corrected chi connectivity index (χ0v) is 13.4. The van der Waals surface area contributed by atoms with Crippen LogP contribution < -0.4 is 0 Å². The number of ether oxygens (including phenoxy) is 2. The van der Waals surface area contributed by atoms with E-state index in [0.717, 1.165) is 14.2 Å². The van der Waals surface area contributed by atoms with Gasteiger partial charge in [-0.25, -0.2) is 4.79 Å². The highest BCUT2D eigenvalue weighted by Gasteiger charge is 2.51. The Bertz CT molecular complexity index is 565. The molecule has 1 aromatic rings. The van der Waals surface area contributed by atoms with Crippen molar-refractivity contribution in [3.8, 4) is 0 Å². The molecular formula is C14H15BrO6. The molecule has 0 saturated heterocycles. The van der Waals surface area contributed by atoms with E-state index in [-0.39, 0.29) is 17.5 Å². The fourth-order valence-corrected chi connectivity index (χ4v) is 2.94. The van der Waals surface area contributed by atoms with Gasteiger partial charge in [-0.2, -0.15) is 0 Å². The van der Waals surface area contributed by atoms with Crippen LogP contribution in [0.1, 0.15) is 29.3 Å². The largest absolute Gasteiger partial charge is 0.478 e. The number of methoxy groups -OCH3 is 2. The number of carbonyl (C=O) groups excluding carboxylic acids is 2. The summed E-state index contributed by atoms with van der Waals surface area (Å²) in [5.74, 6) is -2.99. The van der Waals surface area contributed by atoms with Crippen molar-refractivity contribution >= 4 is 33.8 Å². The maximum Gasteiger partial charge on any atom is 0.336 e. The molecule has 0 aromatic heterocycles. The lowest BCUT2D eigenvalue weighted by molar-refractivity contribution is -0.162. The zero-order valence-electron chi connectivity index (χ0n) is 11.8. The number of carbonyl (C=O) groups is 3. The maximum atomic E-state index is 12.3. The summed E-state index contributed by atoms with van der Waals surface area (Å²) in [7, 11) is 2.26. The van der Waals surface area contributed by atoms with Crippen LogP contribution in [0, 0.1) is 0 Å². The fraction of sp³-hybridized carbons (Fsp3) is 0.357. The molecule has 114 valence electrons. The van der Waals surface area contributed by atoms with Gasteiger partial charge in [-0.3, -0.25) is 9.59 Å². The zero-order chi connectivity index (χ0) is 16.2. The molecule has 0 heterocycles. The van der Waals surface area contributed by atoms with Crippen LogP contribution >= 0.6 is 15.9 Å². The van der Waals surface area contributed by atoms with Crippen molar-refractivity contribution in [2.45, 2.75) is 18.8 Å². The van der Waals surface area contributed by atoms with Crippen LogP contribution in [-0.2, 0) is 24.5 Å². The van der Waals surface area contributed by atoms with E-state index in [1.165, 1.54) is 12.1 Å². The molecule has 0 radical (unpaired) electrons. The third-order valence-corrected chi connectivity index (χ3v) is 3.93. The van der Waals surface area contributed by atoms with E-state index in [1.807, 2.05) is 0 Å². The van der Waals surface area contributed by atoms with Crippen molar-refractivity contribution in [2.24, 2.45) is 0 Å². The standard InChI is InChI=1S/C14H15BrO6/c1-4-14(12(18)20-2,13(19)21-3)10-8(11(16)17)6-5-7-9(10)15/h5-7H,4H2,1-3H3,(H,16,17). The Hall–Kier alpha value is -1.89. The molecule has 0 bridgehead atoms. The van der Waals surface area contributed by atoms with Gasteiger partial charge in [0, 0.05) is 10.0 Å². The van der Waals surface area contributed by atoms with Gasteiger partial charge < -0.3 is 14.6 Å². The molecule has 0 fully saturated rings. The normalized spacial score (nSPS) is 10.9. The molecule has 0 atom stereocenters. The van der Waals surface area contributed by atoms with Gasteiger partial charge in [-0.15, -0.1) is 0 Å². The monoisotopic (exact) mass is 358 g/mol. The number of carboxylic acid groups (broad SMARTS) is 1. The minimum Gasteiger partial charge on any atom is -0.478 e. The van der Waals surface area contributed by atoms with E-state index in [2.05, 4.69) is 15.9 Å². The Morgan fingerprint density at radius 1 is 1.19 bits per heavy atom. The second-order valence-electron chi connectivity index (χ2n) is 4.21. The van der Waals surface area contributed by atoms with E-state index < -0.39 is 23.3 Å². The SMILES string of the molecule is CCC(C(=O)OC)(C(=O)OC)c1c(Br)cccc1C(=O)O. The van der Waals surface area contributed by atoms with Gasteiger partial charge in [0.15, 0.2) is 5.41 Å². The fourth-order valence-electron chi connectivity index (χ4n) is 2.24. The van der Waals surface area contributed by atoms with Crippen LogP contribution in [0.4, 0.5) is 0 Å². The first-order chi connectivity index (χ1) is 9.86. The molecule has 0 saturated carbocycles. The first kappa shape index (κ1) is 17.2. The number of benzene rings is 1. The average Bonchev–Trinajstić information content (AvgIpc) is 2.48. The molecule has 0 aliphatic carbocycles. The number of halogens is 1. The van der Waals surface area contributed by atoms with Crippen LogP contribution in [0.15, 0.2) is 22.7 Å². The number of esters is 2. The van der Waals surface area contributed by atoms with Gasteiger partial charge in [0.1, 0.15) is 0 Å². The molecule has 0 amide bonds. The van der Waals surface area contributed by atoms with Crippen LogP contribution in [0.2, 0.25) is 0 Å². The van der Waals surface area contributed by atoms with Gasteiger partial charge in [0.25, 0.3) is 0 Å². The summed E-state index contributed by atoms with van der Waals surface area (Å²) in [5, 5.41) is 9.33. The van der Waals surface area contributed by atoms with Crippen LogP contribution in [0.5, 0.6) is 0 Å². The Morgan fingerprint density at radius 2 is 1.71 bits per heavy atom. The summed E-state index contributed by atoms with van der Waals surface area (Å²) in [6.07, 6.45) is -0.00472. The highest BCUT2D eigenvalue weighted by Crippen LogP contribution is 2.38. The molecule has 0 aliphatic rings. The topological polar surface area (TPSA) is 89.9 Å². The lowest BCUT2D eigenvalue weighted by Gasteiger charge is -2.29. The van der Waals surface area contributed by atoms with E-state index in [4.69, 9.17) is 9.47 Å². The van der Waals surface area contributed by atoms with E-state index in [1.54, 1.807) is 13.0 Å². The molecule has 7 heteroatoms. The summed E-state index contributed by atoms with van der Waals surface area (Å²) >= 11 is 3.21. The van der Waals surface area contributed by atoms with Crippen molar-refractivity contribution in [1.82, 2.24) is 0 Å². The Morgan fingerprint density at radius 3 is 2.10 bits per heavy atom. The van der Waals surface area contributed by atoms with E-state index >= 15 is 0 Å². The summed E-state index contributed by atoms with van der Waals surface area (Å²) < 4.78 is 9.76. The average molecular weight is 359 g/mol. The highest BCUT2D eigenvalue weighted by atomic mass is 79.9. The van der Waals surface area contributed by atoms with Crippen molar-refractivity contribution < 1.29 is 29.0 Å². The lowest BCUT2D eigenvalue weighted by Crippen LogP contribution is -2.46. The second-order valence-corrected chi connectivity index (χ2v) is 5.06. The van der Waals surface area contributed by atoms with Gasteiger partial charge >= 0.3 is 17.9 Å². The Labute approximate surface area is 130 Å². The lowest BCUT2D eigenvalue weighted by atomic mass is 9.75. The maximum absolute atomic E-state index is 12.3. The van der Waals surface area contributed by atoms with Crippen LogP contribution in [0.25, 0.3) is 0 Å². The van der Waals surface area contributed by atoms with Gasteiger partial charge in [0.05, 0.1) is 19.8 Å². The second kappa shape index (κ2) is 6.71. The minimum atomic E-state index is -1.84. The quantitative estimate of drug-likeness (QED) is 0.640. The third-order valence-electron chi connectivity index (χ3n) is 3.27. The first-order valence-electron chi connectivity index (χ1n) is 6.05. The summed E-state index contributed by atoms with van der Waals surface area (Å²) in [6.45, 7) is 1.58. The molecule has 0 aliphatic heterocycles. The van der Waals surface area contributed by atoms with E-state index in [9.17, 15) is 19.5 Å². The number of hydrogen-bond donors (Lipinski definition) is 1. The van der Waals surface area contributed by atoms with Gasteiger partial charge in [-0.1, -0.05) is 28.9 Å². The highest BCUT2D eigenvalue weighted by molar-refractivity contribution is 9.10. The molecule has 0 spiro atoms. The number of aromatic carboxylic acids is 1. The van der Waals surface area contributed by atoms with Crippen molar-refractivity contribution in [1.29, 1.82) is 0 Å². The summed E-state index contributed by atoms with van der Waals surface area (Å²) in [5.41, 5.74) is -1.97. The smallest absolute Gasteiger partial charge is 0.336 e. The third kappa shape index (κ3) is 2.78. The first-order valence-corrected chi connectivity index (χ1v) is 6.85. The molecule has 0 unspecified atom stereocenters. The number of hydrogen-bond acceptors (Lipinski definition) is 5. The molecule has 1 rings (SSSR count). The van der Waals surface area contributed by atoms with Crippen LogP contribution in [0.3, 0.4) is 0 Å². The van der Waals surface area contributed by atoms with Crippen LogP contribution in [-0.4, -0.2) is 37.2 Å². The Kier molecular flexibility index (Phi) is 5.48. The van der Waals surface area contributed by atoms with Gasteiger partial charge in [-0.05, 0) is 18.6 Å². The summed E-state index contributed by atoms with van der Waals surface area (Å²) in [6, 6.07) is 4.38. The van der Waals surface area contributed by atoms with Crippen molar-refractivity contribution in [3.05, 3.63) is 33.8 Å². The molecular weight excluding hydrogens is 344 g/mol. The number of carboxylic acids is 1. The number of rotatable bonds is 5.